The van der Waals surface area contributed by atoms with Crippen LogP contribution in [0.2, 0.25) is 0 Å². The van der Waals surface area contributed by atoms with Crippen molar-refractivity contribution in [1.29, 1.82) is 0 Å². The van der Waals surface area contributed by atoms with Gasteiger partial charge in [-0.05, 0) is 5.56 Å². The van der Waals surface area contributed by atoms with Crippen LogP contribution in [-0.2, 0) is 0 Å². The fourth-order valence-corrected chi connectivity index (χ4v) is 1.14. The number of hydrogen-bond acceptors (Lipinski definition) is 4. The van der Waals surface area contributed by atoms with Crippen molar-refractivity contribution in [2.75, 3.05) is 0 Å². The van der Waals surface area contributed by atoms with Crippen LogP contribution in [0.3, 0.4) is 0 Å². The predicted octanol–water partition coefficient (Wildman–Crippen LogP) is 0.108. The second kappa shape index (κ2) is 2.83. The van der Waals surface area contributed by atoms with Crippen LogP contribution in [-0.4, -0.2) is 5.96 Å². The van der Waals surface area contributed by atoms with Gasteiger partial charge in [-0.3, -0.25) is 5.43 Å². The number of nitrogens with zero attached hydrogens (tertiary/aromatic N) is 1. The smallest absolute Gasteiger partial charge is 0.205 e. The number of nitrogens with two attached hydrogens (primary N) is 1. The molecule has 1 atom stereocenters. The molecule has 2 rings (SSSR count). The van der Waals surface area contributed by atoms with Crippen molar-refractivity contribution in [3.63, 3.8) is 0 Å². The molecular formula is C8H10N4. The molecule has 4 nitrogen and oxygen atoms in total. The summed E-state index contributed by atoms with van der Waals surface area (Å²) in [5.74, 6) is 0.434. The minimum atomic E-state index is -0.0498. The fourth-order valence-electron chi connectivity index (χ4n) is 1.14. The molecule has 4 heteroatoms. The second-order valence-corrected chi connectivity index (χ2v) is 2.60. The lowest BCUT2D eigenvalue weighted by Gasteiger charge is -2.05. The summed E-state index contributed by atoms with van der Waals surface area (Å²) in [4.78, 5) is 4.13. The first-order chi connectivity index (χ1) is 5.86. The van der Waals surface area contributed by atoms with E-state index in [0.29, 0.717) is 5.96 Å². The molecule has 1 aromatic carbocycles. The van der Waals surface area contributed by atoms with Crippen LogP contribution >= 0.6 is 0 Å². The summed E-state index contributed by atoms with van der Waals surface area (Å²) in [5, 5.41) is 0. The summed E-state index contributed by atoms with van der Waals surface area (Å²) in [6.45, 7) is 0. The van der Waals surface area contributed by atoms with E-state index in [-0.39, 0.29) is 6.17 Å². The number of hydrogen-bond donors (Lipinski definition) is 3. The average molecular weight is 162 g/mol. The van der Waals surface area contributed by atoms with Crippen molar-refractivity contribution in [2.45, 2.75) is 6.17 Å². The van der Waals surface area contributed by atoms with Crippen LogP contribution in [0, 0.1) is 0 Å². The van der Waals surface area contributed by atoms with Gasteiger partial charge in [0.1, 0.15) is 6.17 Å². The van der Waals surface area contributed by atoms with Gasteiger partial charge in [-0.2, -0.15) is 0 Å². The Morgan fingerprint density at radius 1 is 1.25 bits per heavy atom. The molecule has 0 fully saturated rings. The normalized spacial score (nSPS) is 21.7. The minimum absolute atomic E-state index is 0.0498. The number of benzene rings is 1. The van der Waals surface area contributed by atoms with Gasteiger partial charge in [0, 0.05) is 0 Å². The number of rotatable bonds is 1. The Bertz CT molecular complexity index is 293. The zero-order chi connectivity index (χ0) is 8.39. The van der Waals surface area contributed by atoms with Gasteiger partial charge in [0.15, 0.2) is 0 Å². The van der Waals surface area contributed by atoms with Crippen molar-refractivity contribution in [3.05, 3.63) is 35.9 Å². The Labute approximate surface area is 70.5 Å². The number of aliphatic imine (C=N–C) groups is 1. The van der Waals surface area contributed by atoms with Gasteiger partial charge in [-0.25, -0.2) is 10.4 Å². The molecule has 0 bridgehead atoms. The molecule has 12 heavy (non-hydrogen) atoms. The highest BCUT2D eigenvalue weighted by molar-refractivity contribution is 5.79. The third-order valence-electron chi connectivity index (χ3n) is 1.72. The quantitative estimate of drug-likeness (QED) is 0.549. The van der Waals surface area contributed by atoms with E-state index in [4.69, 9.17) is 5.73 Å². The maximum absolute atomic E-state index is 5.44. The van der Waals surface area contributed by atoms with E-state index in [0.717, 1.165) is 5.56 Å². The second-order valence-electron chi connectivity index (χ2n) is 2.60. The summed E-state index contributed by atoms with van der Waals surface area (Å²) in [6.07, 6.45) is -0.0498. The molecule has 0 saturated heterocycles. The first-order valence-electron chi connectivity index (χ1n) is 3.76. The number of guanidine groups is 1. The lowest BCUT2D eigenvalue weighted by Crippen LogP contribution is -2.35. The van der Waals surface area contributed by atoms with Crippen molar-refractivity contribution in [2.24, 2.45) is 10.7 Å². The van der Waals surface area contributed by atoms with Crippen LogP contribution in [0.15, 0.2) is 35.3 Å². The van der Waals surface area contributed by atoms with Crippen LogP contribution in [0.25, 0.3) is 0 Å². The minimum Gasteiger partial charge on any atom is -0.369 e. The Balaban J connectivity index is 2.22. The van der Waals surface area contributed by atoms with Crippen molar-refractivity contribution < 1.29 is 0 Å². The predicted molar refractivity (Wildman–Crippen MR) is 47.1 cm³/mol. The highest BCUT2D eigenvalue weighted by Gasteiger charge is 2.14. The molecule has 62 valence electrons. The standard InChI is InChI=1S/C8H10N4/c9-8-10-7(11-12-8)6-4-2-1-3-5-6/h1-5,7,11H,(H3,9,10,12). The van der Waals surface area contributed by atoms with Crippen LogP contribution in [0.4, 0.5) is 0 Å². The van der Waals surface area contributed by atoms with Gasteiger partial charge in [-0.1, -0.05) is 30.3 Å². The van der Waals surface area contributed by atoms with E-state index >= 15 is 0 Å². The van der Waals surface area contributed by atoms with Gasteiger partial charge < -0.3 is 5.73 Å². The van der Waals surface area contributed by atoms with E-state index in [2.05, 4.69) is 15.8 Å². The average Bonchev–Trinajstić information content (AvgIpc) is 2.54. The van der Waals surface area contributed by atoms with Gasteiger partial charge in [0.25, 0.3) is 0 Å². The van der Waals surface area contributed by atoms with E-state index < -0.39 is 0 Å². The molecular weight excluding hydrogens is 152 g/mol. The molecule has 0 radical (unpaired) electrons. The first-order valence-corrected chi connectivity index (χ1v) is 3.76. The highest BCUT2D eigenvalue weighted by Crippen LogP contribution is 2.14. The molecule has 0 saturated carbocycles. The maximum Gasteiger partial charge on any atom is 0.205 e. The molecule has 0 aromatic heterocycles. The van der Waals surface area contributed by atoms with Gasteiger partial charge in [-0.15, -0.1) is 0 Å². The molecule has 1 aliphatic rings. The summed E-state index contributed by atoms with van der Waals surface area (Å²) in [6, 6.07) is 9.92. The van der Waals surface area contributed by atoms with Crippen LogP contribution in [0.1, 0.15) is 11.7 Å². The molecule has 1 heterocycles. The maximum atomic E-state index is 5.44. The SMILES string of the molecule is NC1=NC(c2ccccc2)NN1. The van der Waals surface area contributed by atoms with Crippen molar-refractivity contribution >= 4 is 5.96 Å². The van der Waals surface area contributed by atoms with E-state index in [1.54, 1.807) is 0 Å². The zero-order valence-electron chi connectivity index (χ0n) is 6.49. The highest BCUT2D eigenvalue weighted by atomic mass is 15.5. The monoisotopic (exact) mass is 162 g/mol. The molecule has 4 N–H and O–H groups in total. The third kappa shape index (κ3) is 1.24. The topological polar surface area (TPSA) is 62.4 Å². The largest absolute Gasteiger partial charge is 0.369 e. The van der Waals surface area contributed by atoms with Crippen molar-refractivity contribution in [1.82, 2.24) is 10.9 Å². The molecule has 1 unspecified atom stereocenters. The first kappa shape index (κ1) is 7.12. The summed E-state index contributed by atoms with van der Waals surface area (Å²) in [7, 11) is 0. The Morgan fingerprint density at radius 3 is 2.58 bits per heavy atom. The number of hydrazine groups is 1. The van der Waals surface area contributed by atoms with Crippen LogP contribution in [0.5, 0.6) is 0 Å². The summed E-state index contributed by atoms with van der Waals surface area (Å²) < 4.78 is 0. The lowest BCUT2D eigenvalue weighted by molar-refractivity contribution is 0.574. The molecule has 1 aliphatic heterocycles. The summed E-state index contributed by atoms with van der Waals surface area (Å²) in [5.41, 5.74) is 12.2. The fraction of sp³-hybridized carbons (Fsp3) is 0.125. The zero-order valence-corrected chi connectivity index (χ0v) is 6.49. The molecule has 0 aliphatic carbocycles. The van der Waals surface area contributed by atoms with Gasteiger partial charge >= 0.3 is 0 Å². The molecule has 1 aromatic rings. The van der Waals surface area contributed by atoms with Gasteiger partial charge in [0.05, 0.1) is 0 Å². The Morgan fingerprint density at radius 2 is 2.00 bits per heavy atom. The van der Waals surface area contributed by atoms with E-state index in [1.165, 1.54) is 0 Å². The Hall–Kier alpha value is -1.55. The van der Waals surface area contributed by atoms with E-state index in [9.17, 15) is 0 Å². The Kier molecular flexibility index (Phi) is 1.68. The van der Waals surface area contributed by atoms with Gasteiger partial charge in [0.2, 0.25) is 5.96 Å². The number of nitrogens with one attached hydrogen (secondary N) is 2. The molecule has 0 amide bonds. The van der Waals surface area contributed by atoms with Crippen molar-refractivity contribution in [3.8, 4) is 0 Å². The summed E-state index contributed by atoms with van der Waals surface area (Å²) >= 11 is 0. The van der Waals surface area contributed by atoms with Crippen LogP contribution < -0.4 is 16.6 Å². The van der Waals surface area contributed by atoms with E-state index in [1.807, 2.05) is 30.3 Å². The molecule has 0 spiro atoms. The lowest BCUT2D eigenvalue weighted by atomic mass is 10.2. The third-order valence-corrected chi connectivity index (χ3v) is 1.72.